The fourth-order valence-corrected chi connectivity index (χ4v) is 0.595. The maximum atomic E-state index is 10.8. The first-order valence-corrected chi connectivity index (χ1v) is 4.12. The number of nitrogens with one attached hydrogen (secondary N) is 2. The van der Waals surface area contributed by atoms with Gasteiger partial charge in [0.1, 0.15) is 0 Å². The molecule has 0 aromatic rings. The van der Waals surface area contributed by atoms with E-state index in [0.29, 0.717) is 0 Å². The molecule has 0 saturated carbocycles. The minimum atomic E-state index is -0.631. The molecular formula is C6H11N3O3S. The molecule has 4 N–H and O–H groups in total. The van der Waals surface area contributed by atoms with Crippen LogP contribution in [0.15, 0.2) is 0 Å². The lowest BCUT2D eigenvalue weighted by Gasteiger charge is -2.03. The standard InChI is InChI=1S/C6H11N3O3S/c7-4(10)1-8-5(11)2-9-6(12)3-13/h13H,1-3H2,(H2,7,10)(H,8,11)(H,9,12). The molecule has 0 rings (SSSR count). The first kappa shape index (κ1) is 11.8. The van der Waals surface area contributed by atoms with E-state index in [1.54, 1.807) is 0 Å². The summed E-state index contributed by atoms with van der Waals surface area (Å²) in [5.74, 6) is -1.43. The average molecular weight is 205 g/mol. The maximum absolute atomic E-state index is 10.8. The van der Waals surface area contributed by atoms with Gasteiger partial charge < -0.3 is 16.4 Å². The number of hydrogen-bond acceptors (Lipinski definition) is 4. The van der Waals surface area contributed by atoms with Crippen molar-refractivity contribution in [2.45, 2.75) is 0 Å². The average Bonchev–Trinajstić information content (AvgIpc) is 2.10. The first-order chi connectivity index (χ1) is 6.06. The van der Waals surface area contributed by atoms with Crippen LogP contribution in [0.1, 0.15) is 0 Å². The molecule has 7 heteroatoms. The summed E-state index contributed by atoms with van der Waals surface area (Å²) in [6.45, 7) is -0.401. The van der Waals surface area contributed by atoms with E-state index in [1.807, 2.05) is 0 Å². The van der Waals surface area contributed by atoms with E-state index in [-0.39, 0.29) is 24.7 Å². The van der Waals surface area contributed by atoms with Gasteiger partial charge in [-0.25, -0.2) is 0 Å². The number of primary amides is 1. The molecule has 0 spiro atoms. The monoisotopic (exact) mass is 205 g/mol. The minimum Gasteiger partial charge on any atom is -0.368 e. The molecule has 0 aromatic heterocycles. The quantitative estimate of drug-likeness (QED) is 0.377. The Balaban J connectivity index is 3.52. The Labute approximate surface area is 80.6 Å². The molecule has 0 aliphatic heterocycles. The molecule has 0 saturated heterocycles. The van der Waals surface area contributed by atoms with Gasteiger partial charge in [0.15, 0.2) is 0 Å². The van der Waals surface area contributed by atoms with E-state index in [1.165, 1.54) is 0 Å². The highest BCUT2D eigenvalue weighted by atomic mass is 32.1. The van der Waals surface area contributed by atoms with Crippen molar-refractivity contribution in [3.05, 3.63) is 0 Å². The van der Waals surface area contributed by atoms with Gasteiger partial charge in [-0.3, -0.25) is 14.4 Å². The van der Waals surface area contributed by atoms with Crippen LogP contribution in [0.25, 0.3) is 0 Å². The summed E-state index contributed by atoms with van der Waals surface area (Å²) >= 11 is 3.68. The van der Waals surface area contributed by atoms with Crippen LogP contribution in [0.5, 0.6) is 0 Å². The summed E-state index contributed by atoms with van der Waals surface area (Å²) in [7, 11) is 0. The largest absolute Gasteiger partial charge is 0.368 e. The van der Waals surface area contributed by atoms with Gasteiger partial charge in [-0.2, -0.15) is 12.6 Å². The lowest BCUT2D eigenvalue weighted by atomic mass is 10.5. The van der Waals surface area contributed by atoms with Gasteiger partial charge in [-0.15, -0.1) is 0 Å². The molecule has 0 unspecified atom stereocenters. The highest BCUT2D eigenvalue weighted by molar-refractivity contribution is 7.81. The fourth-order valence-electron chi connectivity index (χ4n) is 0.483. The molecule has 0 fully saturated rings. The van der Waals surface area contributed by atoms with Crippen LogP contribution in [0.2, 0.25) is 0 Å². The number of carbonyl (C=O) groups is 3. The SMILES string of the molecule is NC(=O)CNC(=O)CNC(=O)CS. The molecule has 0 aliphatic rings. The van der Waals surface area contributed by atoms with Crippen LogP contribution in [0.4, 0.5) is 0 Å². The Morgan fingerprint density at radius 1 is 1.08 bits per heavy atom. The molecule has 0 aromatic carbocycles. The molecular weight excluding hydrogens is 194 g/mol. The molecule has 0 bridgehead atoms. The zero-order valence-corrected chi connectivity index (χ0v) is 7.77. The van der Waals surface area contributed by atoms with Crippen molar-refractivity contribution in [1.29, 1.82) is 0 Å². The zero-order valence-electron chi connectivity index (χ0n) is 6.87. The third-order valence-corrected chi connectivity index (χ3v) is 1.34. The van der Waals surface area contributed by atoms with Gasteiger partial charge in [-0.1, -0.05) is 0 Å². The van der Waals surface area contributed by atoms with E-state index in [4.69, 9.17) is 5.73 Å². The zero-order chi connectivity index (χ0) is 10.3. The number of amides is 3. The second-order valence-corrected chi connectivity index (χ2v) is 2.49. The van der Waals surface area contributed by atoms with Gasteiger partial charge in [0.25, 0.3) is 0 Å². The maximum Gasteiger partial charge on any atom is 0.239 e. The van der Waals surface area contributed by atoms with Gasteiger partial charge in [-0.05, 0) is 0 Å². The van der Waals surface area contributed by atoms with E-state index in [9.17, 15) is 14.4 Å². The molecule has 0 atom stereocenters. The van der Waals surface area contributed by atoms with Crippen molar-refractivity contribution in [2.24, 2.45) is 5.73 Å². The predicted octanol–water partition coefficient (Wildman–Crippen LogP) is -2.37. The van der Waals surface area contributed by atoms with Crippen LogP contribution in [0.3, 0.4) is 0 Å². The van der Waals surface area contributed by atoms with Gasteiger partial charge in [0.05, 0.1) is 18.8 Å². The predicted molar refractivity (Wildman–Crippen MR) is 49.1 cm³/mol. The van der Waals surface area contributed by atoms with Crippen LogP contribution in [0, 0.1) is 0 Å². The minimum absolute atomic E-state index is 0.0170. The second-order valence-electron chi connectivity index (χ2n) is 2.18. The van der Waals surface area contributed by atoms with Crippen molar-refractivity contribution in [1.82, 2.24) is 10.6 Å². The molecule has 0 radical (unpaired) electrons. The van der Waals surface area contributed by atoms with Gasteiger partial charge in [0.2, 0.25) is 17.7 Å². The van der Waals surface area contributed by atoms with E-state index < -0.39 is 11.8 Å². The summed E-state index contributed by atoms with van der Waals surface area (Å²) in [6, 6.07) is 0. The Hall–Kier alpha value is -1.24. The van der Waals surface area contributed by atoms with Crippen molar-refractivity contribution < 1.29 is 14.4 Å². The summed E-state index contributed by atoms with van der Waals surface area (Å²) in [6.07, 6.45) is 0. The van der Waals surface area contributed by atoms with E-state index in [0.717, 1.165) is 0 Å². The van der Waals surface area contributed by atoms with Gasteiger partial charge >= 0.3 is 0 Å². The van der Waals surface area contributed by atoms with Gasteiger partial charge in [0, 0.05) is 0 Å². The Morgan fingerprint density at radius 3 is 2.08 bits per heavy atom. The van der Waals surface area contributed by atoms with Crippen molar-refractivity contribution in [3.8, 4) is 0 Å². The highest BCUT2D eigenvalue weighted by Crippen LogP contribution is 1.72. The van der Waals surface area contributed by atoms with Crippen LogP contribution in [-0.4, -0.2) is 36.6 Å². The lowest BCUT2D eigenvalue weighted by molar-refractivity contribution is -0.126. The normalized spacial score (nSPS) is 9.00. The fraction of sp³-hybridized carbons (Fsp3) is 0.500. The molecule has 74 valence electrons. The summed E-state index contributed by atoms with van der Waals surface area (Å²) < 4.78 is 0. The number of hydrogen-bond donors (Lipinski definition) is 4. The summed E-state index contributed by atoms with van der Waals surface area (Å²) in [5, 5.41) is 4.48. The molecule has 6 nitrogen and oxygen atoms in total. The third kappa shape index (κ3) is 7.13. The third-order valence-electron chi connectivity index (χ3n) is 1.05. The van der Waals surface area contributed by atoms with E-state index in [2.05, 4.69) is 23.3 Å². The highest BCUT2D eigenvalue weighted by Gasteiger charge is 2.03. The first-order valence-electron chi connectivity index (χ1n) is 3.49. The summed E-state index contributed by atoms with van der Waals surface area (Å²) in [5.41, 5.74) is 4.77. The van der Waals surface area contributed by atoms with Crippen LogP contribution < -0.4 is 16.4 Å². The lowest BCUT2D eigenvalue weighted by Crippen LogP contribution is -2.40. The van der Waals surface area contributed by atoms with E-state index >= 15 is 0 Å². The Kier molecular flexibility index (Phi) is 5.69. The van der Waals surface area contributed by atoms with Crippen LogP contribution in [-0.2, 0) is 14.4 Å². The van der Waals surface area contributed by atoms with Crippen molar-refractivity contribution >= 4 is 30.4 Å². The smallest absolute Gasteiger partial charge is 0.239 e. The number of carbonyl (C=O) groups excluding carboxylic acids is 3. The number of thiol groups is 1. The Morgan fingerprint density at radius 2 is 1.62 bits per heavy atom. The topological polar surface area (TPSA) is 101 Å². The number of nitrogens with two attached hydrogens (primary N) is 1. The second kappa shape index (κ2) is 6.30. The molecule has 13 heavy (non-hydrogen) atoms. The number of rotatable bonds is 5. The molecule has 3 amide bonds. The Bertz CT molecular complexity index is 219. The van der Waals surface area contributed by atoms with Crippen molar-refractivity contribution in [2.75, 3.05) is 18.8 Å². The molecule has 0 aliphatic carbocycles. The van der Waals surface area contributed by atoms with Crippen molar-refractivity contribution in [3.63, 3.8) is 0 Å². The summed E-state index contributed by atoms with van der Waals surface area (Å²) in [4.78, 5) is 31.6. The van der Waals surface area contributed by atoms with Crippen LogP contribution >= 0.6 is 12.6 Å². The molecule has 0 heterocycles.